The smallest absolute Gasteiger partial charge is 0.243 e. The molecule has 0 bridgehead atoms. The Hall–Kier alpha value is -0.270. The maximum absolute atomic E-state index is 12.6. The number of halogens is 1. The molecular weight excluding hydrogens is 328 g/mol. The van der Waals surface area contributed by atoms with Gasteiger partial charge in [0.05, 0.1) is 4.90 Å². The zero-order valence-corrected chi connectivity index (χ0v) is 15.3. The van der Waals surface area contributed by atoms with E-state index in [0.29, 0.717) is 11.6 Å². The molecule has 120 valence electrons. The van der Waals surface area contributed by atoms with Gasteiger partial charge in [-0.05, 0) is 43.5 Å². The third kappa shape index (κ3) is 4.86. The first-order chi connectivity index (χ1) is 9.84. The lowest BCUT2D eigenvalue weighted by Crippen LogP contribution is -2.36. The van der Waals surface area contributed by atoms with Crippen LogP contribution in [0.1, 0.15) is 19.4 Å². The molecule has 4 nitrogen and oxygen atoms in total. The number of benzene rings is 1. The number of nitrogens with one attached hydrogen (secondary N) is 1. The highest BCUT2D eigenvalue weighted by Gasteiger charge is 2.25. The summed E-state index contributed by atoms with van der Waals surface area (Å²) in [6.07, 6.45) is 1.97. The Morgan fingerprint density at radius 3 is 2.67 bits per heavy atom. The molecule has 1 unspecified atom stereocenters. The third-order valence-corrected chi connectivity index (χ3v) is 6.44. The summed E-state index contributed by atoms with van der Waals surface area (Å²) in [4.78, 5) is 0.287. The van der Waals surface area contributed by atoms with Crippen LogP contribution in [0.5, 0.6) is 0 Å². The van der Waals surface area contributed by atoms with Gasteiger partial charge in [0.1, 0.15) is 0 Å². The van der Waals surface area contributed by atoms with E-state index in [1.165, 1.54) is 4.31 Å². The molecule has 0 saturated carbocycles. The van der Waals surface area contributed by atoms with Crippen molar-refractivity contribution in [1.82, 2.24) is 9.62 Å². The van der Waals surface area contributed by atoms with Gasteiger partial charge in [-0.3, -0.25) is 0 Å². The van der Waals surface area contributed by atoms with E-state index in [-0.39, 0.29) is 10.9 Å². The van der Waals surface area contributed by atoms with Gasteiger partial charge in [-0.1, -0.05) is 18.5 Å². The predicted molar refractivity (Wildman–Crippen MR) is 91.6 cm³/mol. The maximum Gasteiger partial charge on any atom is 0.243 e. The lowest BCUT2D eigenvalue weighted by Gasteiger charge is -2.24. The van der Waals surface area contributed by atoms with Crippen LogP contribution in [-0.4, -0.2) is 44.4 Å². The number of thioether (sulfide) groups is 1. The summed E-state index contributed by atoms with van der Waals surface area (Å²) in [7, 11) is -1.87. The van der Waals surface area contributed by atoms with Crippen molar-refractivity contribution in [3.05, 3.63) is 28.8 Å². The van der Waals surface area contributed by atoms with E-state index in [4.69, 9.17) is 11.6 Å². The molecule has 0 aromatic heterocycles. The second-order valence-electron chi connectivity index (χ2n) is 4.86. The van der Waals surface area contributed by atoms with Crippen molar-refractivity contribution in [3.8, 4) is 0 Å². The summed E-state index contributed by atoms with van der Waals surface area (Å²) < 4.78 is 26.7. The van der Waals surface area contributed by atoms with Gasteiger partial charge in [0.15, 0.2) is 0 Å². The standard InChI is InChI=1S/C14H23ClN2O2S2/c1-5-16-9-12-8-13(6-7-14(12)15)21(18,19)17(3)11(2)10-20-4/h6-8,11,16H,5,9-10H2,1-4H3. The average molecular weight is 351 g/mol. The summed E-state index contributed by atoms with van der Waals surface area (Å²) in [5.74, 6) is 0.758. The molecule has 0 saturated heterocycles. The van der Waals surface area contributed by atoms with Crippen molar-refractivity contribution in [2.75, 3.05) is 25.6 Å². The molecular formula is C14H23ClN2O2S2. The average Bonchev–Trinajstić information content (AvgIpc) is 2.45. The van der Waals surface area contributed by atoms with Gasteiger partial charge in [0.25, 0.3) is 0 Å². The highest BCUT2D eigenvalue weighted by atomic mass is 35.5. The molecule has 0 spiro atoms. The molecule has 1 aromatic rings. The zero-order chi connectivity index (χ0) is 16.0. The van der Waals surface area contributed by atoms with Gasteiger partial charge in [-0.25, -0.2) is 8.42 Å². The fourth-order valence-electron chi connectivity index (χ4n) is 1.86. The Morgan fingerprint density at radius 2 is 2.10 bits per heavy atom. The topological polar surface area (TPSA) is 49.4 Å². The Balaban J connectivity index is 3.08. The van der Waals surface area contributed by atoms with Crippen molar-refractivity contribution >= 4 is 33.4 Å². The quantitative estimate of drug-likeness (QED) is 0.783. The van der Waals surface area contributed by atoms with Crippen LogP contribution in [0, 0.1) is 0 Å². The number of hydrogen-bond acceptors (Lipinski definition) is 4. The van der Waals surface area contributed by atoms with Crippen molar-refractivity contribution in [2.45, 2.75) is 31.3 Å². The third-order valence-electron chi connectivity index (χ3n) is 3.29. The van der Waals surface area contributed by atoms with Gasteiger partial charge in [-0.15, -0.1) is 0 Å². The summed E-state index contributed by atoms with van der Waals surface area (Å²) in [6.45, 7) is 5.26. The van der Waals surface area contributed by atoms with Crippen molar-refractivity contribution in [3.63, 3.8) is 0 Å². The molecule has 21 heavy (non-hydrogen) atoms. The fraction of sp³-hybridized carbons (Fsp3) is 0.571. The first-order valence-electron chi connectivity index (χ1n) is 6.80. The molecule has 1 rings (SSSR count). The minimum atomic E-state index is -3.49. The van der Waals surface area contributed by atoms with E-state index in [1.54, 1.807) is 37.0 Å². The van der Waals surface area contributed by atoms with Crippen LogP contribution in [0.15, 0.2) is 23.1 Å². The van der Waals surface area contributed by atoms with Gasteiger partial charge in [0.2, 0.25) is 10.0 Å². The highest BCUT2D eigenvalue weighted by Crippen LogP contribution is 2.24. The molecule has 0 amide bonds. The highest BCUT2D eigenvalue weighted by molar-refractivity contribution is 7.98. The van der Waals surface area contributed by atoms with E-state index in [0.717, 1.165) is 17.9 Å². The van der Waals surface area contributed by atoms with Gasteiger partial charge in [-0.2, -0.15) is 16.1 Å². The van der Waals surface area contributed by atoms with Crippen LogP contribution < -0.4 is 5.32 Å². The van der Waals surface area contributed by atoms with Crippen LogP contribution >= 0.6 is 23.4 Å². The molecule has 0 radical (unpaired) electrons. The van der Waals surface area contributed by atoms with E-state index < -0.39 is 10.0 Å². The second-order valence-corrected chi connectivity index (χ2v) is 8.17. The molecule has 0 aliphatic carbocycles. The van der Waals surface area contributed by atoms with Gasteiger partial charge < -0.3 is 5.32 Å². The molecule has 0 fully saturated rings. The summed E-state index contributed by atoms with van der Waals surface area (Å²) in [6, 6.07) is 4.81. The molecule has 0 heterocycles. The Kier molecular flexibility index (Phi) is 7.50. The largest absolute Gasteiger partial charge is 0.313 e. The molecule has 1 atom stereocenters. The minimum absolute atomic E-state index is 0.0575. The number of rotatable bonds is 8. The van der Waals surface area contributed by atoms with Crippen LogP contribution in [0.4, 0.5) is 0 Å². The van der Waals surface area contributed by atoms with Gasteiger partial charge in [0, 0.05) is 30.4 Å². The van der Waals surface area contributed by atoms with Crippen LogP contribution in [-0.2, 0) is 16.6 Å². The normalized spacial score (nSPS) is 13.6. The number of hydrogen-bond donors (Lipinski definition) is 1. The first-order valence-corrected chi connectivity index (χ1v) is 10.0. The minimum Gasteiger partial charge on any atom is -0.313 e. The molecule has 1 N–H and O–H groups in total. The lowest BCUT2D eigenvalue weighted by atomic mass is 10.2. The van der Waals surface area contributed by atoms with Gasteiger partial charge >= 0.3 is 0 Å². The predicted octanol–water partition coefficient (Wildman–Crippen LogP) is 2.82. The molecule has 7 heteroatoms. The summed E-state index contributed by atoms with van der Waals surface area (Å²) in [5, 5.41) is 3.74. The summed E-state index contributed by atoms with van der Waals surface area (Å²) in [5.41, 5.74) is 0.797. The Bertz CT molecular complexity index is 564. The molecule has 1 aromatic carbocycles. The Labute approximate surface area is 137 Å². The Morgan fingerprint density at radius 1 is 1.43 bits per heavy atom. The van der Waals surface area contributed by atoms with E-state index in [2.05, 4.69) is 5.32 Å². The van der Waals surface area contributed by atoms with E-state index in [1.807, 2.05) is 20.1 Å². The second kappa shape index (κ2) is 8.39. The van der Waals surface area contributed by atoms with Crippen LogP contribution in [0.3, 0.4) is 0 Å². The zero-order valence-electron chi connectivity index (χ0n) is 12.9. The SMILES string of the molecule is CCNCc1cc(S(=O)(=O)N(C)C(C)CSC)ccc1Cl. The fourth-order valence-corrected chi connectivity index (χ4v) is 4.25. The number of nitrogens with zero attached hydrogens (tertiary/aromatic N) is 1. The molecule has 0 aliphatic heterocycles. The van der Waals surface area contributed by atoms with E-state index >= 15 is 0 Å². The molecule has 0 aliphatic rings. The van der Waals surface area contributed by atoms with Crippen LogP contribution in [0.2, 0.25) is 5.02 Å². The lowest BCUT2D eigenvalue weighted by molar-refractivity contribution is 0.415. The van der Waals surface area contributed by atoms with Crippen molar-refractivity contribution < 1.29 is 8.42 Å². The summed E-state index contributed by atoms with van der Waals surface area (Å²) >= 11 is 7.75. The van der Waals surface area contributed by atoms with Crippen molar-refractivity contribution in [2.24, 2.45) is 0 Å². The first kappa shape index (κ1) is 18.8. The van der Waals surface area contributed by atoms with Crippen LogP contribution in [0.25, 0.3) is 0 Å². The number of sulfonamides is 1. The van der Waals surface area contributed by atoms with Crippen molar-refractivity contribution in [1.29, 1.82) is 0 Å². The maximum atomic E-state index is 12.6. The monoisotopic (exact) mass is 350 g/mol. The van der Waals surface area contributed by atoms with E-state index in [9.17, 15) is 8.42 Å².